The maximum absolute atomic E-state index is 14.3. The number of benzene rings is 9. The van der Waals surface area contributed by atoms with Crippen molar-refractivity contribution in [1.82, 2.24) is 61.2 Å². The van der Waals surface area contributed by atoms with E-state index in [0.717, 1.165) is 29.8 Å². The van der Waals surface area contributed by atoms with Crippen LogP contribution in [0.5, 0.6) is 5.75 Å². The first-order valence-corrected chi connectivity index (χ1v) is 34.2. The molecular weight excluding hydrogens is 1510 g/mol. The SMILES string of the molecule is COc1c(C#N)ccc2c1c(Br)nn2C.N#Cc1cc2c(/C=C/c3cccc(F)c3)n[nH]c2cc1F.O=C(NC1CC1)c1cc2c(/C=C/c3cccc(F)c3)n[nH]c2cc1F.O=C(NCc1ccco1)c1cc2c(/C=C/c3cccc(F)c3)n[nH]c2cc1F.O=C(O)c1cc2c(/C=C/c3cccc(F)c3)n[nH]c2cc1F. The second-order valence-electron chi connectivity index (χ2n) is 24.5. The van der Waals surface area contributed by atoms with Crippen molar-refractivity contribution < 1.29 is 63.8 Å². The van der Waals surface area contributed by atoms with Crippen LogP contribution in [-0.2, 0) is 13.6 Å². The predicted octanol–water partition coefficient (Wildman–Crippen LogP) is 18.2. The number of ether oxygens (including phenoxy) is 1. The summed E-state index contributed by atoms with van der Waals surface area (Å²) in [5, 5.41) is 66.7. The van der Waals surface area contributed by atoms with Crippen LogP contribution < -0.4 is 15.4 Å². The molecule has 0 saturated heterocycles. The lowest BCUT2D eigenvalue weighted by Crippen LogP contribution is -2.26. The predicted molar refractivity (Wildman–Crippen MR) is 407 cm³/mol. The molecule has 0 unspecified atom stereocenters. The van der Waals surface area contributed by atoms with E-state index in [1.54, 1.807) is 133 Å². The summed E-state index contributed by atoms with van der Waals surface area (Å²) < 4.78 is 121. The lowest BCUT2D eigenvalue weighted by Gasteiger charge is -2.05. The Morgan fingerprint density at radius 1 is 0.532 bits per heavy atom. The van der Waals surface area contributed by atoms with Gasteiger partial charge in [0, 0.05) is 58.9 Å². The van der Waals surface area contributed by atoms with E-state index in [2.05, 4.69) is 78.5 Å². The number of aryl methyl sites for hydroxylation is 1. The average Bonchev–Trinajstić information content (AvgIpc) is 1.73. The molecular formula is C82H57BrF8N14O6. The maximum atomic E-state index is 14.3. The van der Waals surface area contributed by atoms with Crippen LogP contribution in [0.4, 0.5) is 35.1 Å². The highest BCUT2D eigenvalue weighted by atomic mass is 79.9. The molecule has 0 aliphatic heterocycles. The molecule has 15 aromatic rings. The summed E-state index contributed by atoms with van der Waals surface area (Å²) in [4.78, 5) is 35.5. The number of nitriles is 2. The highest BCUT2D eigenvalue weighted by molar-refractivity contribution is 9.10. The smallest absolute Gasteiger partial charge is 0.338 e. The van der Waals surface area contributed by atoms with Crippen molar-refractivity contribution in [1.29, 1.82) is 10.5 Å². The van der Waals surface area contributed by atoms with Gasteiger partial charge in [0.05, 0.1) is 103 Å². The first-order chi connectivity index (χ1) is 53.6. The van der Waals surface area contributed by atoms with Crippen LogP contribution in [0.15, 0.2) is 185 Å². The molecule has 0 radical (unpaired) electrons. The Morgan fingerprint density at radius 2 is 0.937 bits per heavy atom. The highest BCUT2D eigenvalue weighted by Crippen LogP contribution is 2.35. The Morgan fingerprint density at radius 3 is 1.32 bits per heavy atom. The second-order valence-corrected chi connectivity index (χ2v) is 25.2. The van der Waals surface area contributed by atoms with Crippen molar-refractivity contribution in [2.24, 2.45) is 7.05 Å². The number of H-pyrrole nitrogens is 4. The number of nitrogens with one attached hydrogen (secondary N) is 6. The number of furan rings is 1. The van der Waals surface area contributed by atoms with E-state index in [9.17, 15) is 49.5 Å². The van der Waals surface area contributed by atoms with Crippen molar-refractivity contribution in [3.8, 4) is 17.9 Å². The molecule has 1 aliphatic rings. The third-order valence-corrected chi connectivity index (χ3v) is 17.4. The number of fused-ring (bicyclic) bond motifs is 5. The van der Waals surface area contributed by atoms with Crippen LogP contribution in [0.2, 0.25) is 0 Å². The monoisotopic (exact) mass is 1560 g/mol. The molecule has 6 aromatic heterocycles. The molecule has 0 atom stereocenters. The van der Waals surface area contributed by atoms with Crippen molar-refractivity contribution >= 4 is 137 Å². The lowest BCUT2D eigenvalue weighted by molar-refractivity contribution is 0.0691. The standard InChI is InChI=1S/C21H15F2N3O2.C19H15F2N3O.C16H9F2N3.C16H10F2N2O2.C10H8BrN3O/c22-14-4-1-3-13(9-14)6-7-19-17-10-16(18(23)11-20(17)26-25-19)21(27)24-12-15-5-2-8-28-15;20-12-3-1-2-11(8-12)4-7-17-15-9-14(19(25)22-13-5-6-13)16(21)10-18(15)24-23-17;17-12-3-1-2-10(6-12)4-5-15-13-7-11(9-19)14(18)8-16(13)21-20-15;17-10-3-1-2-9(6-10)4-5-14-12-7-11(16(21)22)13(18)8-15(12)20-19-14;1-14-7-4-3-6(5-12)9(15-2)8(7)10(11)13-14/h1-11H,12H2,(H,24,27)(H,25,26);1-4,7-10,13H,5-6H2,(H,22,25)(H,23,24);1-8H,(H,20,21);1-8H,(H,19,20)(H,21,22);3-4H,1-2H3/b7-6+;7-4+;2*5-4+;. The van der Waals surface area contributed by atoms with E-state index in [1.807, 2.05) is 13.1 Å². The number of aromatic nitrogens is 10. The van der Waals surface area contributed by atoms with Gasteiger partial charge in [0.15, 0.2) is 0 Å². The number of aromatic amines is 4. The summed E-state index contributed by atoms with van der Waals surface area (Å²) in [6.07, 6.45) is 16.8. The van der Waals surface area contributed by atoms with Crippen molar-refractivity contribution in [3.63, 3.8) is 0 Å². The quantitative estimate of drug-likeness (QED) is 0.0470. The fourth-order valence-electron chi connectivity index (χ4n) is 11.2. The third kappa shape index (κ3) is 18.7. The molecule has 20 nitrogen and oxygen atoms in total. The van der Waals surface area contributed by atoms with Gasteiger partial charge in [0.1, 0.15) is 74.8 Å². The van der Waals surface area contributed by atoms with E-state index in [1.165, 1.54) is 97.3 Å². The Hall–Kier alpha value is -14.3. The van der Waals surface area contributed by atoms with Gasteiger partial charge >= 0.3 is 5.97 Å². The Labute approximate surface area is 632 Å². The maximum Gasteiger partial charge on any atom is 0.338 e. The minimum Gasteiger partial charge on any atom is -0.495 e. The van der Waals surface area contributed by atoms with Crippen LogP contribution in [0.1, 0.15) is 106 Å². The van der Waals surface area contributed by atoms with Gasteiger partial charge in [-0.1, -0.05) is 72.8 Å². The number of aromatic carboxylic acids is 1. The largest absolute Gasteiger partial charge is 0.495 e. The molecule has 16 rings (SSSR count). The number of rotatable bonds is 15. The number of hydrogen-bond acceptors (Lipinski definition) is 12. The van der Waals surface area contributed by atoms with Gasteiger partial charge < -0.3 is 24.9 Å². The summed E-state index contributed by atoms with van der Waals surface area (Å²) in [7, 11) is 3.40. The number of amides is 2. The van der Waals surface area contributed by atoms with E-state index in [-0.39, 0.29) is 52.5 Å². The van der Waals surface area contributed by atoms with Crippen LogP contribution >= 0.6 is 15.9 Å². The first-order valence-electron chi connectivity index (χ1n) is 33.4. The van der Waals surface area contributed by atoms with E-state index in [4.69, 9.17) is 24.8 Å². The van der Waals surface area contributed by atoms with Crippen LogP contribution in [-0.4, -0.2) is 86.6 Å². The van der Waals surface area contributed by atoms with Gasteiger partial charge in [-0.15, -0.1) is 0 Å². The molecule has 29 heteroatoms. The first kappa shape index (κ1) is 76.3. The number of carboxylic acids is 1. The molecule has 0 bridgehead atoms. The van der Waals surface area contributed by atoms with Gasteiger partial charge in [-0.05, 0) is 172 Å². The minimum atomic E-state index is -1.35. The molecule has 1 fully saturated rings. The highest BCUT2D eigenvalue weighted by Gasteiger charge is 2.26. The molecule has 2 amide bonds. The lowest BCUT2D eigenvalue weighted by atomic mass is 10.1. The molecule has 1 saturated carbocycles. The zero-order valence-corrected chi connectivity index (χ0v) is 59.6. The average molecular weight is 1570 g/mol. The summed E-state index contributed by atoms with van der Waals surface area (Å²) in [6.45, 7) is 0.154. The number of methoxy groups -OCH3 is 1. The molecule has 6 heterocycles. The van der Waals surface area contributed by atoms with Crippen molar-refractivity contribution in [2.45, 2.75) is 25.4 Å². The Balaban J connectivity index is 0.000000131. The molecule has 111 heavy (non-hydrogen) atoms. The summed E-state index contributed by atoms with van der Waals surface area (Å²) in [5.41, 5.74) is 7.49. The number of carbonyl (C=O) groups excluding carboxylic acids is 2. The van der Waals surface area contributed by atoms with Gasteiger partial charge in [-0.25, -0.2) is 39.9 Å². The number of carbonyl (C=O) groups is 3. The normalized spacial score (nSPS) is 11.8. The van der Waals surface area contributed by atoms with Crippen molar-refractivity contribution in [2.75, 3.05) is 7.11 Å². The third-order valence-electron chi connectivity index (χ3n) is 16.9. The van der Waals surface area contributed by atoms with E-state index < -0.39 is 46.6 Å². The van der Waals surface area contributed by atoms with Crippen LogP contribution in [0, 0.1) is 69.2 Å². The van der Waals surface area contributed by atoms with Gasteiger partial charge in [-0.3, -0.25) is 34.7 Å². The molecule has 1 aliphatic carbocycles. The zero-order valence-electron chi connectivity index (χ0n) is 58.0. The zero-order chi connectivity index (χ0) is 78.4. The minimum absolute atomic E-state index is 0.00112. The molecule has 9 aromatic carbocycles. The van der Waals surface area contributed by atoms with E-state index >= 15 is 0 Å². The second kappa shape index (κ2) is 34.5. The number of carboxylic acid groups (broad SMARTS) is 1. The summed E-state index contributed by atoms with van der Waals surface area (Å²) in [5.74, 6) is -5.20. The Kier molecular flexibility index (Phi) is 23.7. The number of nitrogens with zero attached hydrogens (tertiary/aromatic N) is 8. The fourth-order valence-corrected chi connectivity index (χ4v) is 11.8. The number of hydrogen-bond donors (Lipinski definition) is 7. The number of halogens is 9. The van der Waals surface area contributed by atoms with Gasteiger partial charge in [-0.2, -0.15) is 36.0 Å². The topological polar surface area (TPSA) is 298 Å². The van der Waals surface area contributed by atoms with Gasteiger partial charge in [0.25, 0.3) is 11.8 Å². The summed E-state index contributed by atoms with van der Waals surface area (Å²) in [6, 6.07) is 45.8. The van der Waals surface area contributed by atoms with Gasteiger partial charge in [0.2, 0.25) is 0 Å². The van der Waals surface area contributed by atoms with Crippen molar-refractivity contribution in [3.05, 3.63) is 306 Å². The van der Waals surface area contributed by atoms with E-state index in [0.29, 0.717) is 110 Å². The molecule has 554 valence electrons. The summed E-state index contributed by atoms with van der Waals surface area (Å²) >= 11 is 3.35. The molecule has 0 spiro atoms. The molecule has 7 N–H and O–H groups in total. The fraction of sp³-hybridized carbons (Fsp3) is 0.0732. The Bertz CT molecular complexity index is 6240. The van der Waals surface area contributed by atoms with Crippen LogP contribution in [0.3, 0.4) is 0 Å². The van der Waals surface area contributed by atoms with Crippen LogP contribution in [0.25, 0.3) is 103 Å².